The lowest BCUT2D eigenvalue weighted by Gasteiger charge is -2.27. The van der Waals surface area contributed by atoms with Gasteiger partial charge >= 0.3 is 0 Å². The van der Waals surface area contributed by atoms with Crippen LogP contribution in [0.5, 0.6) is 0 Å². The second-order valence-corrected chi connectivity index (χ2v) is 6.13. The van der Waals surface area contributed by atoms with Crippen molar-refractivity contribution in [3.05, 3.63) is 35.1 Å². The first-order valence-electron chi connectivity index (χ1n) is 6.93. The van der Waals surface area contributed by atoms with Crippen molar-refractivity contribution in [2.75, 3.05) is 13.2 Å². The third-order valence-electron chi connectivity index (χ3n) is 3.58. The lowest BCUT2D eigenvalue weighted by atomic mass is 9.82. The van der Waals surface area contributed by atoms with Gasteiger partial charge in [0.2, 0.25) is 0 Å². The van der Waals surface area contributed by atoms with Crippen molar-refractivity contribution >= 4 is 5.91 Å². The Morgan fingerprint density at radius 2 is 2.10 bits per heavy atom. The maximum absolute atomic E-state index is 13.3. The van der Waals surface area contributed by atoms with Crippen LogP contribution in [0, 0.1) is 29.0 Å². The van der Waals surface area contributed by atoms with Gasteiger partial charge in [-0.05, 0) is 29.5 Å². The Morgan fingerprint density at radius 1 is 1.43 bits per heavy atom. The van der Waals surface area contributed by atoms with E-state index in [-0.39, 0.29) is 29.4 Å². The Balaban J connectivity index is 2.89. The number of aliphatic hydroxyl groups excluding tert-OH is 1. The van der Waals surface area contributed by atoms with E-state index in [0.717, 1.165) is 0 Å². The number of rotatable bonds is 3. The highest BCUT2D eigenvalue weighted by molar-refractivity contribution is 5.96. The molecule has 21 heavy (non-hydrogen) atoms. The maximum atomic E-state index is 13.3. The second-order valence-electron chi connectivity index (χ2n) is 6.13. The number of carbonyl (C=O) groups is 1. The summed E-state index contributed by atoms with van der Waals surface area (Å²) in [4.78, 5) is 12.2. The third kappa shape index (κ3) is 5.20. The van der Waals surface area contributed by atoms with Gasteiger partial charge in [-0.25, -0.2) is 4.39 Å². The van der Waals surface area contributed by atoms with E-state index >= 15 is 0 Å². The zero-order chi connectivity index (χ0) is 16.0. The molecular formula is C17H22FNO2. The van der Waals surface area contributed by atoms with Gasteiger partial charge in [0.15, 0.2) is 0 Å². The molecule has 0 saturated carbocycles. The second kappa shape index (κ2) is 7.24. The summed E-state index contributed by atoms with van der Waals surface area (Å²) in [7, 11) is 0. The number of nitrogens with one attached hydrogen (secondary N) is 1. The van der Waals surface area contributed by atoms with Crippen molar-refractivity contribution in [2.24, 2.45) is 11.3 Å². The van der Waals surface area contributed by atoms with Gasteiger partial charge in [0.25, 0.3) is 5.91 Å². The average Bonchev–Trinajstić information content (AvgIpc) is 2.41. The largest absolute Gasteiger partial charge is 0.384 e. The summed E-state index contributed by atoms with van der Waals surface area (Å²) in [6.07, 6.45) is 0. The van der Waals surface area contributed by atoms with Crippen molar-refractivity contribution < 1.29 is 14.3 Å². The minimum Gasteiger partial charge on any atom is -0.384 e. The molecule has 4 heteroatoms. The van der Waals surface area contributed by atoms with Crippen LogP contribution in [0.2, 0.25) is 0 Å². The van der Waals surface area contributed by atoms with Crippen LogP contribution in [0.1, 0.15) is 43.6 Å². The summed E-state index contributed by atoms with van der Waals surface area (Å²) >= 11 is 0. The fourth-order valence-corrected chi connectivity index (χ4v) is 1.60. The van der Waals surface area contributed by atoms with E-state index in [0.29, 0.717) is 12.1 Å². The van der Waals surface area contributed by atoms with Crippen LogP contribution in [0.3, 0.4) is 0 Å². The molecule has 1 amide bonds. The predicted octanol–water partition coefficient (Wildman–Crippen LogP) is 2.58. The van der Waals surface area contributed by atoms with E-state index in [4.69, 9.17) is 5.11 Å². The third-order valence-corrected chi connectivity index (χ3v) is 3.58. The Bertz CT molecular complexity index is 564. The molecule has 0 aromatic heterocycles. The predicted molar refractivity (Wildman–Crippen MR) is 81.3 cm³/mol. The van der Waals surface area contributed by atoms with Crippen LogP contribution in [0.15, 0.2) is 18.2 Å². The number of halogens is 1. The van der Waals surface area contributed by atoms with Crippen molar-refractivity contribution in [3.8, 4) is 11.8 Å². The fraction of sp³-hybridized carbons (Fsp3) is 0.471. The monoisotopic (exact) mass is 291 g/mol. The van der Waals surface area contributed by atoms with Crippen LogP contribution in [0.4, 0.5) is 4.39 Å². The molecule has 0 saturated heterocycles. The number of benzene rings is 1. The van der Waals surface area contributed by atoms with Gasteiger partial charge in [0, 0.05) is 12.1 Å². The van der Waals surface area contributed by atoms with Crippen molar-refractivity contribution in [3.63, 3.8) is 0 Å². The molecule has 0 bridgehead atoms. The van der Waals surface area contributed by atoms with Crippen molar-refractivity contribution in [1.29, 1.82) is 0 Å². The van der Waals surface area contributed by atoms with Gasteiger partial charge in [-0.15, -0.1) is 0 Å². The number of amides is 1. The molecule has 1 rings (SSSR count). The number of hydrogen-bond donors (Lipinski definition) is 2. The molecule has 0 aliphatic carbocycles. The first-order valence-corrected chi connectivity index (χ1v) is 6.93. The molecule has 0 radical (unpaired) electrons. The van der Waals surface area contributed by atoms with Gasteiger partial charge in [-0.2, -0.15) is 0 Å². The van der Waals surface area contributed by atoms with Gasteiger partial charge in [0.05, 0.1) is 5.56 Å². The summed E-state index contributed by atoms with van der Waals surface area (Å²) in [5.41, 5.74) is 0.679. The van der Waals surface area contributed by atoms with Crippen molar-refractivity contribution in [1.82, 2.24) is 5.32 Å². The van der Waals surface area contributed by atoms with Crippen LogP contribution in [-0.4, -0.2) is 24.2 Å². The molecule has 2 N–H and O–H groups in total. The van der Waals surface area contributed by atoms with Crippen LogP contribution >= 0.6 is 0 Å². The topological polar surface area (TPSA) is 49.3 Å². The smallest absolute Gasteiger partial charge is 0.252 e. The zero-order valence-electron chi connectivity index (χ0n) is 13.0. The summed E-state index contributed by atoms with van der Waals surface area (Å²) < 4.78 is 13.3. The SMILES string of the molecule is CC(CNC(=O)c1cc(F)ccc1C#CCO)C(C)(C)C. The molecule has 0 aliphatic heterocycles. The van der Waals surface area contributed by atoms with E-state index < -0.39 is 5.82 Å². The first-order chi connectivity index (χ1) is 9.75. The molecule has 0 aliphatic rings. The summed E-state index contributed by atoms with van der Waals surface area (Å²) in [5, 5.41) is 11.5. The van der Waals surface area contributed by atoms with Gasteiger partial charge in [-0.3, -0.25) is 4.79 Å². The molecule has 114 valence electrons. The fourth-order valence-electron chi connectivity index (χ4n) is 1.60. The quantitative estimate of drug-likeness (QED) is 0.841. The van der Waals surface area contributed by atoms with Crippen molar-refractivity contribution in [2.45, 2.75) is 27.7 Å². The van der Waals surface area contributed by atoms with E-state index in [1.54, 1.807) is 0 Å². The van der Waals surface area contributed by atoms with E-state index in [9.17, 15) is 9.18 Å². The van der Waals surface area contributed by atoms with E-state index in [1.807, 2.05) is 0 Å². The molecule has 0 spiro atoms. The lowest BCUT2D eigenvalue weighted by molar-refractivity contribution is 0.0936. The Hall–Kier alpha value is -1.86. The molecule has 1 aromatic rings. The van der Waals surface area contributed by atoms with E-state index in [2.05, 4.69) is 44.9 Å². The Labute approximate surface area is 125 Å². The molecule has 0 fully saturated rings. The summed E-state index contributed by atoms with van der Waals surface area (Å²) in [6.45, 7) is 8.56. The summed E-state index contributed by atoms with van der Waals surface area (Å²) in [5.74, 6) is 4.57. The zero-order valence-corrected chi connectivity index (χ0v) is 13.0. The van der Waals surface area contributed by atoms with Gasteiger partial charge in [0.1, 0.15) is 12.4 Å². The Kier molecular flexibility index (Phi) is 5.92. The molecule has 1 unspecified atom stereocenters. The minimum atomic E-state index is -0.487. The molecule has 0 heterocycles. The minimum absolute atomic E-state index is 0.0781. The lowest BCUT2D eigenvalue weighted by Crippen LogP contribution is -2.34. The van der Waals surface area contributed by atoms with Gasteiger partial charge in [-0.1, -0.05) is 39.5 Å². The highest BCUT2D eigenvalue weighted by Gasteiger charge is 2.21. The van der Waals surface area contributed by atoms with Crippen LogP contribution in [0.25, 0.3) is 0 Å². The highest BCUT2D eigenvalue weighted by Crippen LogP contribution is 2.24. The number of carbonyl (C=O) groups excluding carboxylic acids is 1. The Morgan fingerprint density at radius 3 is 2.67 bits per heavy atom. The normalized spacial score (nSPS) is 12.3. The number of hydrogen-bond acceptors (Lipinski definition) is 2. The van der Waals surface area contributed by atoms with Crippen LogP contribution in [-0.2, 0) is 0 Å². The standard InChI is InChI=1S/C17H22FNO2/c1-12(17(2,3)4)11-19-16(21)15-10-14(18)8-7-13(15)6-5-9-20/h7-8,10,12,20H,9,11H2,1-4H3,(H,19,21). The highest BCUT2D eigenvalue weighted by atomic mass is 19.1. The molecule has 1 atom stereocenters. The first kappa shape index (κ1) is 17.2. The number of aliphatic hydroxyl groups is 1. The molecule has 3 nitrogen and oxygen atoms in total. The molecular weight excluding hydrogens is 269 g/mol. The average molecular weight is 291 g/mol. The molecule has 1 aromatic carbocycles. The van der Waals surface area contributed by atoms with Crippen LogP contribution < -0.4 is 5.32 Å². The maximum Gasteiger partial charge on any atom is 0.252 e. The summed E-state index contributed by atoms with van der Waals surface area (Å²) in [6, 6.07) is 3.86. The van der Waals surface area contributed by atoms with Gasteiger partial charge < -0.3 is 10.4 Å². The van der Waals surface area contributed by atoms with E-state index in [1.165, 1.54) is 18.2 Å².